The van der Waals surface area contributed by atoms with Crippen molar-refractivity contribution in [2.24, 2.45) is 0 Å². The van der Waals surface area contributed by atoms with E-state index in [4.69, 9.17) is 0 Å². The summed E-state index contributed by atoms with van der Waals surface area (Å²) in [5, 5.41) is 9.59. The Labute approximate surface area is 116 Å². The minimum absolute atomic E-state index is 0.0875. The van der Waals surface area contributed by atoms with E-state index < -0.39 is 37.6 Å². The molecule has 1 aromatic carbocycles. The smallest absolute Gasteiger partial charge is 0.156 e. The van der Waals surface area contributed by atoms with Crippen LogP contribution >= 0.6 is 0 Å². The molecular formula is C14H16F2O3S. The molecule has 2 bridgehead atoms. The molecule has 0 amide bonds. The van der Waals surface area contributed by atoms with Crippen molar-refractivity contribution in [1.82, 2.24) is 0 Å². The van der Waals surface area contributed by atoms with Gasteiger partial charge in [0.2, 0.25) is 0 Å². The van der Waals surface area contributed by atoms with Crippen LogP contribution in [0.25, 0.3) is 0 Å². The lowest BCUT2D eigenvalue weighted by atomic mass is 9.87. The molecule has 1 aromatic rings. The highest BCUT2D eigenvalue weighted by Crippen LogP contribution is 2.44. The Morgan fingerprint density at radius 3 is 2.10 bits per heavy atom. The number of benzene rings is 1. The molecule has 2 heterocycles. The molecule has 0 spiro atoms. The van der Waals surface area contributed by atoms with Gasteiger partial charge in [0, 0.05) is 12.5 Å². The summed E-state index contributed by atoms with van der Waals surface area (Å²) in [4.78, 5) is 0. The Hall–Kier alpha value is -1.01. The third kappa shape index (κ3) is 2.35. The standard InChI is InChI=1S/C14H16F2O3S/c15-10-3-9(4-11(16)5-10)6-14(17)7-12-1-2-13(8-14)20(12,18)19/h3-5,12-13,17H,1-2,6-8H2. The molecule has 0 aromatic heterocycles. The first-order valence-electron chi connectivity index (χ1n) is 6.69. The van der Waals surface area contributed by atoms with Crippen molar-refractivity contribution >= 4 is 9.84 Å². The quantitative estimate of drug-likeness (QED) is 0.909. The van der Waals surface area contributed by atoms with E-state index in [0.717, 1.165) is 6.07 Å². The maximum absolute atomic E-state index is 13.2. The van der Waals surface area contributed by atoms with Gasteiger partial charge in [-0.3, -0.25) is 0 Å². The van der Waals surface area contributed by atoms with E-state index in [1.54, 1.807) is 0 Å². The van der Waals surface area contributed by atoms with Crippen molar-refractivity contribution in [2.75, 3.05) is 0 Å². The van der Waals surface area contributed by atoms with Crippen molar-refractivity contribution in [3.05, 3.63) is 35.4 Å². The van der Waals surface area contributed by atoms with Crippen LogP contribution in [0.4, 0.5) is 8.78 Å². The number of fused-ring (bicyclic) bond motifs is 2. The summed E-state index contributed by atoms with van der Waals surface area (Å²) in [5.41, 5.74) is -0.819. The SMILES string of the molecule is O=S1(=O)C2CCC1CC(O)(Cc1cc(F)cc(F)c1)C2. The number of aliphatic hydroxyl groups is 1. The number of rotatable bonds is 2. The zero-order valence-electron chi connectivity index (χ0n) is 10.9. The van der Waals surface area contributed by atoms with Crippen molar-refractivity contribution in [1.29, 1.82) is 0 Å². The number of halogens is 2. The topological polar surface area (TPSA) is 54.4 Å². The highest BCUT2D eigenvalue weighted by atomic mass is 32.2. The molecule has 2 fully saturated rings. The Morgan fingerprint density at radius 1 is 1.10 bits per heavy atom. The largest absolute Gasteiger partial charge is 0.389 e. The van der Waals surface area contributed by atoms with E-state index in [2.05, 4.69) is 0 Å². The molecule has 0 aliphatic carbocycles. The van der Waals surface area contributed by atoms with Gasteiger partial charge in [-0.15, -0.1) is 0 Å². The summed E-state index contributed by atoms with van der Waals surface area (Å²) < 4.78 is 50.3. The predicted molar refractivity (Wildman–Crippen MR) is 70.0 cm³/mol. The van der Waals surface area contributed by atoms with E-state index in [0.29, 0.717) is 18.4 Å². The molecule has 2 unspecified atom stereocenters. The Morgan fingerprint density at radius 2 is 1.60 bits per heavy atom. The lowest BCUT2D eigenvalue weighted by molar-refractivity contribution is 0.0218. The van der Waals surface area contributed by atoms with Gasteiger partial charge in [-0.05, 0) is 43.4 Å². The van der Waals surface area contributed by atoms with Crippen LogP contribution in [-0.4, -0.2) is 29.6 Å². The minimum Gasteiger partial charge on any atom is -0.389 e. The molecule has 0 radical (unpaired) electrons. The highest BCUT2D eigenvalue weighted by molar-refractivity contribution is 7.93. The van der Waals surface area contributed by atoms with Crippen LogP contribution in [0.3, 0.4) is 0 Å². The highest BCUT2D eigenvalue weighted by Gasteiger charge is 2.52. The molecular weight excluding hydrogens is 286 g/mol. The molecule has 3 nitrogen and oxygen atoms in total. The monoisotopic (exact) mass is 302 g/mol. The van der Waals surface area contributed by atoms with Crippen molar-refractivity contribution in [2.45, 2.75) is 48.2 Å². The van der Waals surface area contributed by atoms with Gasteiger partial charge < -0.3 is 5.11 Å². The van der Waals surface area contributed by atoms with Gasteiger partial charge in [-0.2, -0.15) is 0 Å². The molecule has 2 saturated heterocycles. The van der Waals surface area contributed by atoms with Gasteiger partial charge in [-0.25, -0.2) is 17.2 Å². The van der Waals surface area contributed by atoms with Gasteiger partial charge in [0.15, 0.2) is 9.84 Å². The normalized spacial score (nSPS) is 35.1. The molecule has 3 rings (SSSR count). The summed E-state index contributed by atoms with van der Waals surface area (Å²) in [6.45, 7) is 0. The minimum atomic E-state index is -3.12. The molecule has 0 saturated carbocycles. The summed E-state index contributed by atoms with van der Waals surface area (Å²) in [5.74, 6) is -1.37. The lowest BCUT2D eigenvalue weighted by Crippen LogP contribution is -2.46. The van der Waals surface area contributed by atoms with Crippen LogP contribution < -0.4 is 0 Å². The van der Waals surface area contributed by atoms with Gasteiger partial charge in [0.25, 0.3) is 0 Å². The Bertz CT molecular complexity index is 602. The van der Waals surface area contributed by atoms with E-state index in [9.17, 15) is 22.3 Å². The fourth-order valence-corrected chi connectivity index (χ4v) is 6.14. The summed E-state index contributed by atoms with van der Waals surface area (Å²) in [7, 11) is -3.12. The zero-order valence-corrected chi connectivity index (χ0v) is 11.7. The molecule has 110 valence electrons. The van der Waals surface area contributed by atoms with Gasteiger partial charge in [0.1, 0.15) is 11.6 Å². The second kappa shape index (κ2) is 4.49. The summed E-state index contributed by atoms with van der Waals surface area (Å²) >= 11 is 0. The fourth-order valence-electron chi connectivity index (χ4n) is 3.58. The van der Waals surface area contributed by atoms with Gasteiger partial charge in [-0.1, -0.05) is 0 Å². The van der Waals surface area contributed by atoms with Crippen LogP contribution in [0.1, 0.15) is 31.2 Å². The lowest BCUT2D eigenvalue weighted by Gasteiger charge is -2.36. The molecule has 2 aliphatic rings. The van der Waals surface area contributed by atoms with Crippen LogP contribution in [0, 0.1) is 11.6 Å². The molecule has 20 heavy (non-hydrogen) atoms. The average Bonchev–Trinajstić information content (AvgIpc) is 2.47. The van der Waals surface area contributed by atoms with Crippen molar-refractivity contribution in [3.63, 3.8) is 0 Å². The Balaban J connectivity index is 1.84. The second-order valence-corrected chi connectivity index (χ2v) is 8.51. The van der Waals surface area contributed by atoms with E-state index in [-0.39, 0.29) is 19.3 Å². The third-order valence-corrected chi connectivity index (χ3v) is 7.07. The van der Waals surface area contributed by atoms with Crippen molar-refractivity contribution in [3.8, 4) is 0 Å². The van der Waals surface area contributed by atoms with Gasteiger partial charge >= 0.3 is 0 Å². The predicted octanol–water partition coefficient (Wildman–Crippen LogP) is 1.98. The first-order valence-corrected chi connectivity index (χ1v) is 8.30. The second-order valence-electron chi connectivity index (χ2n) is 6.00. The van der Waals surface area contributed by atoms with Crippen LogP contribution in [0.5, 0.6) is 0 Å². The fraction of sp³-hybridized carbons (Fsp3) is 0.571. The number of sulfone groups is 1. The third-order valence-electron chi connectivity index (χ3n) is 4.41. The molecule has 6 heteroatoms. The molecule has 2 aliphatic heterocycles. The summed E-state index contributed by atoms with van der Waals surface area (Å²) in [6.07, 6.45) is 1.55. The average molecular weight is 302 g/mol. The maximum atomic E-state index is 13.2. The first-order chi connectivity index (χ1) is 9.28. The van der Waals surface area contributed by atoms with E-state index in [1.807, 2.05) is 0 Å². The van der Waals surface area contributed by atoms with Crippen LogP contribution in [-0.2, 0) is 16.3 Å². The van der Waals surface area contributed by atoms with Crippen LogP contribution in [0.15, 0.2) is 18.2 Å². The number of hydrogen-bond donors (Lipinski definition) is 1. The van der Waals surface area contributed by atoms with E-state index in [1.165, 1.54) is 12.1 Å². The molecule has 2 atom stereocenters. The van der Waals surface area contributed by atoms with Crippen molar-refractivity contribution < 1.29 is 22.3 Å². The molecule has 1 N–H and O–H groups in total. The van der Waals surface area contributed by atoms with Gasteiger partial charge in [0.05, 0.1) is 16.1 Å². The van der Waals surface area contributed by atoms with Crippen LogP contribution in [0.2, 0.25) is 0 Å². The number of hydrogen-bond acceptors (Lipinski definition) is 3. The maximum Gasteiger partial charge on any atom is 0.156 e. The zero-order chi connectivity index (χ0) is 14.5. The summed E-state index contributed by atoms with van der Waals surface area (Å²) in [6, 6.07) is 3.15. The van der Waals surface area contributed by atoms with E-state index >= 15 is 0 Å². The first kappa shape index (κ1) is 13.9. The Kier molecular flexibility index (Phi) is 3.14.